The summed E-state index contributed by atoms with van der Waals surface area (Å²) < 4.78 is 5.38. The normalized spacial score (nSPS) is 18.9. The maximum Gasteiger partial charge on any atom is 0.130 e. The number of ether oxygens (including phenoxy) is 1. The van der Waals surface area contributed by atoms with E-state index < -0.39 is 0 Å². The molecule has 1 fully saturated rings. The van der Waals surface area contributed by atoms with Gasteiger partial charge in [0.1, 0.15) is 17.2 Å². The van der Waals surface area contributed by atoms with E-state index >= 15 is 0 Å². The van der Waals surface area contributed by atoms with Gasteiger partial charge in [-0.15, -0.1) is 11.8 Å². The highest BCUT2D eigenvalue weighted by Crippen LogP contribution is 2.22. The average Bonchev–Trinajstić information content (AvgIpc) is 2.40. The highest BCUT2D eigenvalue weighted by Gasteiger charge is 2.20. The predicted molar refractivity (Wildman–Crippen MR) is 70.4 cm³/mol. The highest BCUT2D eigenvalue weighted by atomic mass is 32.2. The van der Waals surface area contributed by atoms with Crippen LogP contribution in [0, 0.1) is 5.92 Å². The zero-order valence-electron chi connectivity index (χ0n) is 10.3. The SMILES string of the molecule is CSc1cc(NC(C)C2CCOCC2)ncn1. The number of rotatable bonds is 4. The molecule has 1 aliphatic heterocycles. The molecule has 1 aromatic heterocycles. The molecule has 0 amide bonds. The van der Waals surface area contributed by atoms with Crippen LogP contribution < -0.4 is 5.32 Å². The van der Waals surface area contributed by atoms with Gasteiger partial charge in [-0.05, 0) is 31.9 Å². The van der Waals surface area contributed by atoms with Crippen LogP contribution in [0.15, 0.2) is 17.4 Å². The Hall–Kier alpha value is -0.810. The Balaban J connectivity index is 1.94. The number of hydrogen-bond donors (Lipinski definition) is 1. The van der Waals surface area contributed by atoms with Crippen molar-refractivity contribution in [2.24, 2.45) is 5.92 Å². The van der Waals surface area contributed by atoms with Crippen molar-refractivity contribution in [1.29, 1.82) is 0 Å². The molecule has 1 aromatic rings. The van der Waals surface area contributed by atoms with Gasteiger partial charge in [-0.3, -0.25) is 0 Å². The molecule has 1 unspecified atom stereocenters. The summed E-state index contributed by atoms with van der Waals surface area (Å²) in [6.45, 7) is 3.99. The monoisotopic (exact) mass is 253 g/mol. The van der Waals surface area contributed by atoms with Crippen molar-refractivity contribution >= 4 is 17.6 Å². The van der Waals surface area contributed by atoms with Crippen LogP contribution >= 0.6 is 11.8 Å². The smallest absolute Gasteiger partial charge is 0.130 e. The zero-order valence-corrected chi connectivity index (χ0v) is 11.2. The molecule has 94 valence electrons. The van der Waals surface area contributed by atoms with Gasteiger partial charge in [0.15, 0.2) is 0 Å². The minimum absolute atomic E-state index is 0.434. The van der Waals surface area contributed by atoms with Crippen LogP contribution in [0.25, 0.3) is 0 Å². The number of hydrogen-bond acceptors (Lipinski definition) is 5. The van der Waals surface area contributed by atoms with Crippen molar-refractivity contribution < 1.29 is 4.74 Å². The lowest BCUT2D eigenvalue weighted by atomic mass is 9.93. The van der Waals surface area contributed by atoms with Gasteiger partial charge >= 0.3 is 0 Å². The third kappa shape index (κ3) is 3.57. The Morgan fingerprint density at radius 1 is 1.41 bits per heavy atom. The van der Waals surface area contributed by atoms with E-state index in [-0.39, 0.29) is 0 Å². The van der Waals surface area contributed by atoms with E-state index in [0.717, 1.165) is 36.9 Å². The topological polar surface area (TPSA) is 47.0 Å². The van der Waals surface area contributed by atoms with Crippen molar-refractivity contribution in [2.75, 3.05) is 24.8 Å². The molecule has 0 aromatic carbocycles. The second-order valence-electron chi connectivity index (χ2n) is 4.33. The van der Waals surface area contributed by atoms with Gasteiger partial charge in [0, 0.05) is 25.3 Å². The molecular formula is C12H19N3OS. The Morgan fingerprint density at radius 3 is 2.88 bits per heavy atom. The molecule has 1 atom stereocenters. The van der Waals surface area contributed by atoms with E-state index in [1.54, 1.807) is 18.1 Å². The molecule has 1 saturated heterocycles. The van der Waals surface area contributed by atoms with Gasteiger partial charge in [0.2, 0.25) is 0 Å². The van der Waals surface area contributed by atoms with Crippen molar-refractivity contribution in [2.45, 2.75) is 30.8 Å². The first-order valence-electron chi connectivity index (χ1n) is 6.00. The Morgan fingerprint density at radius 2 is 2.18 bits per heavy atom. The highest BCUT2D eigenvalue weighted by molar-refractivity contribution is 7.98. The van der Waals surface area contributed by atoms with E-state index in [1.807, 2.05) is 12.3 Å². The third-order valence-electron chi connectivity index (χ3n) is 3.20. The Labute approximate surface area is 107 Å². The lowest BCUT2D eigenvalue weighted by Gasteiger charge is -2.28. The minimum Gasteiger partial charge on any atom is -0.381 e. The summed E-state index contributed by atoms with van der Waals surface area (Å²) in [6.07, 6.45) is 5.90. The van der Waals surface area contributed by atoms with E-state index in [2.05, 4.69) is 22.2 Å². The summed E-state index contributed by atoms with van der Waals surface area (Å²) in [4.78, 5) is 8.42. The fourth-order valence-electron chi connectivity index (χ4n) is 2.10. The van der Waals surface area contributed by atoms with Crippen LogP contribution in [0.5, 0.6) is 0 Å². The number of thioether (sulfide) groups is 1. The van der Waals surface area contributed by atoms with Crippen LogP contribution in [0.2, 0.25) is 0 Å². The van der Waals surface area contributed by atoms with E-state index in [4.69, 9.17) is 4.74 Å². The molecule has 0 saturated carbocycles. The summed E-state index contributed by atoms with van der Waals surface area (Å²) in [5.41, 5.74) is 0. The molecule has 0 radical (unpaired) electrons. The van der Waals surface area contributed by atoms with Gasteiger partial charge in [0.05, 0.1) is 0 Å². The first kappa shape index (κ1) is 12.6. The second kappa shape index (κ2) is 6.21. The van der Waals surface area contributed by atoms with Crippen molar-refractivity contribution in [3.63, 3.8) is 0 Å². The van der Waals surface area contributed by atoms with Crippen LogP contribution in [0.1, 0.15) is 19.8 Å². The van der Waals surface area contributed by atoms with E-state index in [1.165, 1.54) is 0 Å². The lowest BCUT2D eigenvalue weighted by Crippen LogP contribution is -2.31. The molecule has 2 rings (SSSR count). The number of nitrogens with one attached hydrogen (secondary N) is 1. The quantitative estimate of drug-likeness (QED) is 0.659. The first-order valence-corrected chi connectivity index (χ1v) is 7.22. The van der Waals surface area contributed by atoms with Crippen molar-refractivity contribution in [3.05, 3.63) is 12.4 Å². The number of aromatic nitrogens is 2. The zero-order chi connectivity index (χ0) is 12.1. The van der Waals surface area contributed by atoms with E-state index in [9.17, 15) is 0 Å². The maximum atomic E-state index is 5.38. The Kier molecular flexibility index (Phi) is 4.62. The van der Waals surface area contributed by atoms with Gasteiger partial charge in [0.25, 0.3) is 0 Å². The van der Waals surface area contributed by atoms with Crippen LogP contribution in [0.4, 0.5) is 5.82 Å². The average molecular weight is 253 g/mol. The molecule has 1 aliphatic rings. The van der Waals surface area contributed by atoms with Gasteiger partial charge < -0.3 is 10.1 Å². The van der Waals surface area contributed by atoms with Crippen molar-refractivity contribution in [3.8, 4) is 0 Å². The molecular weight excluding hydrogens is 234 g/mol. The fraction of sp³-hybridized carbons (Fsp3) is 0.667. The third-order valence-corrected chi connectivity index (χ3v) is 3.84. The molecule has 0 bridgehead atoms. The van der Waals surface area contributed by atoms with Crippen LogP contribution in [0.3, 0.4) is 0 Å². The molecule has 0 spiro atoms. The summed E-state index contributed by atoms with van der Waals surface area (Å²) in [5, 5.41) is 4.47. The molecule has 17 heavy (non-hydrogen) atoms. The van der Waals surface area contributed by atoms with Gasteiger partial charge in [-0.25, -0.2) is 9.97 Å². The number of anilines is 1. The fourth-order valence-corrected chi connectivity index (χ4v) is 2.48. The maximum absolute atomic E-state index is 5.38. The molecule has 5 heteroatoms. The van der Waals surface area contributed by atoms with Crippen LogP contribution in [-0.2, 0) is 4.74 Å². The Bertz CT molecular complexity index is 355. The summed E-state index contributed by atoms with van der Waals surface area (Å²) in [5.74, 6) is 1.60. The van der Waals surface area contributed by atoms with Crippen LogP contribution in [-0.4, -0.2) is 35.5 Å². The summed E-state index contributed by atoms with van der Waals surface area (Å²) >= 11 is 1.63. The molecule has 0 aliphatic carbocycles. The second-order valence-corrected chi connectivity index (χ2v) is 5.15. The largest absolute Gasteiger partial charge is 0.381 e. The minimum atomic E-state index is 0.434. The number of nitrogens with zero attached hydrogens (tertiary/aromatic N) is 2. The van der Waals surface area contributed by atoms with Crippen molar-refractivity contribution in [1.82, 2.24) is 9.97 Å². The lowest BCUT2D eigenvalue weighted by molar-refractivity contribution is 0.0622. The standard InChI is InChI=1S/C12H19N3OS/c1-9(10-3-5-16-6-4-10)15-11-7-12(17-2)14-8-13-11/h7-10H,3-6H2,1-2H3,(H,13,14,15). The van der Waals surface area contributed by atoms with Gasteiger partial charge in [-0.2, -0.15) is 0 Å². The van der Waals surface area contributed by atoms with Gasteiger partial charge in [-0.1, -0.05) is 0 Å². The summed E-state index contributed by atoms with van der Waals surface area (Å²) in [6, 6.07) is 2.43. The molecule has 4 nitrogen and oxygen atoms in total. The molecule has 1 N–H and O–H groups in total. The first-order chi connectivity index (χ1) is 8.29. The summed E-state index contributed by atoms with van der Waals surface area (Å²) in [7, 11) is 0. The molecule has 2 heterocycles. The predicted octanol–water partition coefficient (Wildman–Crippen LogP) is 2.43. The van der Waals surface area contributed by atoms with E-state index in [0.29, 0.717) is 12.0 Å².